The molecule has 0 atom stereocenters. The fourth-order valence-electron chi connectivity index (χ4n) is 2.05. The van der Waals surface area contributed by atoms with Crippen molar-refractivity contribution in [1.29, 1.82) is 0 Å². The van der Waals surface area contributed by atoms with Crippen molar-refractivity contribution >= 4 is 51.5 Å². The van der Waals surface area contributed by atoms with Gasteiger partial charge in [0.2, 0.25) is 0 Å². The summed E-state index contributed by atoms with van der Waals surface area (Å²) < 4.78 is 0. The molecule has 0 aliphatic heterocycles. The van der Waals surface area contributed by atoms with Gasteiger partial charge in [-0.25, -0.2) is 0 Å². The fourth-order valence-corrected chi connectivity index (χ4v) is 2.63. The topological polar surface area (TPSA) is 30.0 Å². The summed E-state index contributed by atoms with van der Waals surface area (Å²) in [5, 5.41) is 2.12. The smallest absolute Gasteiger partial charge is 0.196 e. The highest BCUT2D eigenvalue weighted by atomic mass is 35.5. The van der Waals surface area contributed by atoms with Crippen LogP contribution in [0.15, 0.2) is 48.7 Å². The van der Waals surface area contributed by atoms with Gasteiger partial charge in [-0.3, -0.25) is 9.78 Å². The Morgan fingerprint density at radius 3 is 2.29 bits per heavy atom. The molecule has 3 aromatic rings. The van der Waals surface area contributed by atoms with Crippen molar-refractivity contribution in [3.8, 4) is 0 Å². The van der Waals surface area contributed by atoms with Crippen LogP contribution in [-0.4, -0.2) is 10.8 Å². The van der Waals surface area contributed by atoms with Gasteiger partial charge in [0.1, 0.15) is 0 Å². The van der Waals surface area contributed by atoms with Gasteiger partial charge in [0.15, 0.2) is 5.78 Å². The van der Waals surface area contributed by atoms with Gasteiger partial charge in [-0.15, -0.1) is 0 Å². The molecule has 2 aromatic carbocycles. The Hall–Kier alpha value is -1.61. The lowest BCUT2D eigenvalue weighted by molar-refractivity contribution is 0.103. The van der Waals surface area contributed by atoms with Crippen LogP contribution in [-0.2, 0) is 0 Å². The molecule has 0 spiro atoms. The molecular weight excluding hydrogens is 329 g/mol. The van der Waals surface area contributed by atoms with Crippen LogP contribution in [0.25, 0.3) is 10.9 Å². The number of halogens is 3. The van der Waals surface area contributed by atoms with Crippen LogP contribution in [0.1, 0.15) is 15.9 Å². The Kier molecular flexibility index (Phi) is 3.85. The van der Waals surface area contributed by atoms with Crippen molar-refractivity contribution in [2.45, 2.75) is 0 Å². The van der Waals surface area contributed by atoms with Gasteiger partial charge in [0.05, 0.1) is 16.1 Å². The van der Waals surface area contributed by atoms with Crippen molar-refractivity contribution in [1.82, 2.24) is 4.98 Å². The van der Waals surface area contributed by atoms with E-state index in [1.807, 2.05) is 0 Å². The first-order valence-corrected chi connectivity index (χ1v) is 7.23. The van der Waals surface area contributed by atoms with E-state index in [2.05, 4.69) is 4.98 Å². The number of hydrogen-bond acceptors (Lipinski definition) is 2. The van der Waals surface area contributed by atoms with E-state index in [1.165, 1.54) is 6.20 Å². The third-order valence-corrected chi connectivity index (χ3v) is 4.01. The van der Waals surface area contributed by atoms with E-state index >= 15 is 0 Å². The normalized spacial score (nSPS) is 10.8. The van der Waals surface area contributed by atoms with Crippen LogP contribution >= 0.6 is 34.8 Å². The van der Waals surface area contributed by atoms with Crippen LogP contribution in [0.3, 0.4) is 0 Å². The maximum atomic E-state index is 12.5. The summed E-state index contributed by atoms with van der Waals surface area (Å²) in [6.07, 6.45) is 1.48. The third kappa shape index (κ3) is 2.75. The molecule has 0 radical (unpaired) electrons. The number of carbonyl (C=O) groups is 1. The predicted molar refractivity (Wildman–Crippen MR) is 86.6 cm³/mol. The zero-order valence-electron chi connectivity index (χ0n) is 10.6. The highest BCUT2D eigenvalue weighted by Gasteiger charge is 2.16. The molecule has 0 aliphatic rings. The molecule has 0 amide bonds. The van der Waals surface area contributed by atoms with Crippen molar-refractivity contribution < 1.29 is 4.79 Å². The van der Waals surface area contributed by atoms with E-state index in [1.54, 1.807) is 42.5 Å². The number of nitrogens with zero attached hydrogens (tertiary/aromatic N) is 1. The van der Waals surface area contributed by atoms with E-state index in [-0.39, 0.29) is 5.78 Å². The second kappa shape index (κ2) is 5.64. The molecule has 0 aliphatic carbocycles. The molecule has 2 nitrogen and oxygen atoms in total. The zero-order chi connectivity index (χ0) is 15.0. The van der Waals surface area contributed by atoms with Gasteiger partial charge in [0.25, 0.3) is 0 Å². The van der Waals surface area contributed by atoms with Gasteiger partial charge in [-0.1, -0.05) is 34.8 Å². The monoisotopic (exact) mass is 335 g/mol. The molecule has 0 N–H and O–H groups in total. The summed E-state index contributed by atoms with van der Waals surface area (Å²) >= 11 is 18.1. The summed E-state index contributed by atoms with van der Waals surface area (Å²) in [6.45, 7) is 0. The van der Waals surface area contributed by atoms with Crippen molar-refractivity contribution in [2.24, 2.45) is 0 Å². The standard InChI is InChI=1S/C16H8Cl3NO/c17-10-3-1-9(2-4-10)16(21)13-8-20-14-6-5-11(18)7-12(14)15(13)19/h1-8H. The first kappa shape index (κ1) is 14.3. The average Bonchev–Trinajstić information content (AvgIpc) is 2.48. The number of aromatic nitrogens is 1. The molecule has 21 heavy (non-hydrogen) atoms. The van der Waals surface area contributed by atoms with E-state index in [0.717, 1.165) is 0 Å². The highest BCUT2D eigenvalue weighted by molar-refractivity contribution is 6.40. The molecule has 1 aromatic heterocycles. The molecule has 104 valence electrons. The number of carbonyl (C=O) groups excluding carboxylic acids is 1. The zero-order valence-corrected chi connectivity index (χ0v) is 12.9. The highest BCUT2D eigenvalue weighted by Crippen LogP contribution is 2.29. The van der Waals surface area contributed by atoms with Gasteiger partial charge >= 0.3 is 0 Å². The number of pyridine rings is 1. The summed E-state index contributed by atoms with van der Waals surface area (Å²) in [4.78, 5) is 16.8. The number of hydrogen-bond donors (Lipinski definition) is 0. The molecule has 0 bridgehead atoms. The Bertz CT molecular complexity index is 844. The largest absolute Gasteiger partial charge is 0.288 e. The summed E-state index contributed by atoms with van der Waals surface area (Å²) in [5.74, 6) is -0.203. The van der Waals surface area contributed by atoms with Gasteiger partial charge < -0.3 is 0 Å². The van der Waals surface area contributed by atoms with E-state index in [0.29, 0.717) is 37.1 Å². The molecule has 1 heterocycles. The Morgan fingerprint density at radius 1 is 0.905 bits per heavy atom. The third-order valence-electron chi connectivity index (χ3n) is 3.12. The number of benzene rings is 2. The lowest BCUT2D eigenvalue weighted by Gasteiger charge is -2.07. The number of fused-ring (bicyclic) bond motifs is 1. The van der Waals surface area contributed by atoms with E-state index in [9.17, 15) is 4.79 Å². The molecule has 0 fully saturated rings. The molecule has 0 unspecified atom stereocenters. The molecule has 5 heteroatoms. The summed E-state index contributed by atoms with van der Waals surface area (Å²) in [5.41, 5.74) is 1.54. The fraction of sp³-hybridized carbons (Fsp3) is 0. The van der Waals surface area contributed by atoms with Crippen molar-refractivity contribution in [3.63, 3.8) is 0 Å². The first-order valence-electron chi connectivity index (χ1n) is 6.10. The molecule has 0 saturated heterocycles. The predicted octanol–water partition coefficient (Wildman–Crippen LogP) is 5.43. The van der Waals surface area contributed by atoms with E-state index < -0.39 is 0 Å². The van der Waals surface area contributed by atoms with Crippen LogP contribution in [0.5, 0.6) is 0 Å². The quantitative estimate of drug-likeness (QED) is 0.584. The van der Waals surface area contributed by atoms with Crippen LogP contribution < -0.4 is 0 Å². The minimum absolute atomic E-state index is 0.203. The second-order valence-electron chi connectivity index (χ2n) is 4.48. The maximum Gasteiger partial charge on any atom is 0.196 e. The molecule has 3 rings (SSSR count). The van der Waals surface area contributed by atoms with Crippen LogP contribution in [0.4, 0.5) is 0 Å². The SMILES string of the molecule is O=C(c1ccc(Cl)cc1)c1cnc2ccc(Cl)cc2c1Cl. The first-order chi connectivity index (χ1) is 10.1. The summed E-state index contributed by atoms with van der Waals surface area (Å²) in [7, 11) is 0. The maximum absolute atomic E-state index is 12.5. The molecule has 0 saturated carbocycles. The van der Waals surface area contributed by atoms with Crippen molar-refractivity contribution in [3.05, 3.63) is 74.9 Å². The lowest BCUT2D eigenvalue weighted by Crippen LogP contribution is -2.03. The lowest BCUT2D eigenvalue weighted by atomic mass is 10.0. The van der Waals surface area contributed by atoms with Gasteiger partial charge in [0, 0.05) is 27.2 Å². The second-order valence-corrected chi connectivity index (χ2v) is 5.73. The Labute approximate surface area is 136 Å². The van der Waals surface area contributed by atoms with Gasteiger partial charge in [-0.05, 0) is 42.5 Å². The Balaban J connectivity index is 2.14. The minimum atomic E-state index is -0.203. The van der Waals surface area contributed by atoms with Crippen LogP contribution in [0.2, 0.25) is 15.1 Å². The van der Waals surface area contributed by atoms with Crippen LogP contribution in [0, 0.1) is 0 Å². The Morgan fingerprint density at radius 2 is 1.57 bits per heavy atom. The van der Waals surface area contributed by atoms with Crippen molar-refractivity contribution in [2.75, 3.05) is 0 Å². The minimum Gasteiger partial charge on any atom is -0.288 e. The summed E-state index contributed by atoms with van der Waals surface area (Å²) in [6, 6.07) is 11.8. The average molecular weight is 337 g/mol. The molecular formula is C16H8Cl3NO. The van der Waals surface area contributed by atoms with E-state index in [4.69, 9.17) is 34.8 Å². The number of ketones is 1. The van der Waals surface area contributed by atoms with Gasteiger partial charge in [-0.2, -0.15) is 0 Å². The number of rotatable bonds is 2.